The monoisotopic (exact) mass is 350 g/mol. The molecule has 1 aromatic rings. The molecular formula is C19H27ClN2O2. The highest BCUT2D eigenvalue weighted by molar-refractivity contribution is 6.30. The number of halogens is 1. The summed E-state index contributed by atoms with van der Waals surface area (Å²) < 4.78 is 5.46. The molecular weight excluding hydrogens is 324 g/mol. The van der Waals surface area contributed by atoms with Crippen LogP contribution in [0.15, 0.2) is 24.3 Å². The lowest BCUT2D eigenvalue weighted by Crippen LogP contribution is -2.44. The quantitative estimate of drug-likeness (QED) is 0.773. The molecule has 3 rings (SSSR count). The topological polar surface area (TPSA) is 32.5 Å². The van der Waals surface area contributed by atoms with E-state index in [2.05, 4.69) is 17.0 Å². The molecule has 2 heterocycles. The molecule has 24 heavy (non-hydrogen) atoms. The van der Waals surface area contributed by atoms with Crippen molar-refractivity contribution in [2.24, 2.45) is 0 Å². The number of piperidine rings is 1. The molecule has 2 aliphatic heterocycles. The molecule has 2 fully saturated rings. The summed E-state index contributed by atoms with van der Waals surface area (Å²) in [7, 11) is 0. The van der Waals surface area contributed by atoms with Gasteiger partial charge in [0.1, 0.15) is 5.60 Å². The number of nitrogens with zero attached hydrogens (tertiary/aromatic N) is 2. The second-order valence-corrected chi connectivity index (χ2v) is 8.32. The lowest BCUT2D eigenvalue weighted by atomic mass is 10.0. The summed E-state index contributed by atoms with van der Waals surface area (Å²) in [5.74, 6) is 0. The molecule has 2 aliphatic rings. The number of likely N-dealkylation sites (tertiary alicyclic amines) is 1. The van der Waals surface area contributed by atoms with Crippen molar-refractivity contribution in [3.63, 3.8) is 0 Å². The number of amides is 1. The van der Waals surface area contributed by atoms with Crippen LogP contribution in [0.5, 0.6) is 0 Å². The predicted molar refractivity (Wildman–Crippen MR) is 96.5 cm³/mol. The number of carbonyl (C=O) groups is 1. The van der Waals surface area contributed by atoms with E-state index in [1.807, 2.05) is 37.8 Å². The van der Waals surface area contributed by atoms with Gasteiger partial charge in [0, 0.05) is 36.7 Å². The molecule has 5 heteroatoms. The first-order valence-corrected chi connectivity index (χ1v) is 9.18. The third kappa shape index (κ3) is 4.64. The van der Waals surface area contributed by atoms with Crippen LogP contribution >= 0.6 is 11.6 Å². The normalized spacial score (nSPS) is 24.8. The molecule has 4 nitrogen and oxygen atoms in total. The van der Waals surface area contributed by atoms with E-state index in [0.717, 1.165) is 43.9 Å². The van der Waals surface area contributed by atoms with Gasteiger partial charge in [-0.25, -0.2) is 4.79 Å². The Labute approximate surface area is 149 Å². The standard InChI is InChI=1S/C19H27ClN2O2/c1-19(2,3)24-18(23)21-9-7-16(8-10-21)22-13-17(22)12-14-5-4-6-15(20)11-14/h4-6,11,16-17H,7-10,12-13H2,1-3H3/t17-,22?/m1/s1. The zero-order valence-electron chi connectivity index (χ0n) is 14.8. The minimum atomic E-state index is -0.421. The molecule has 0 N–H and O–H groups in total. The Balaban J connectivity index is 1.44. The maximum atomic E-state index is 12.1. The predicted octanol–water partition coefficient (Wildman–Crippen LogP) is 3.97. The Bertz CT molecular complexity index is 591. The van der Waals surface area contributed by atoms with Gasteiger partial charge in [0.25, 0.3) is 0 Å². The van der Waals surface area contributed by atoms with E-state index in [0.29, 0.717) is 12.1 Å². The number of benzene rings is 1. The first-order valence-electron chi connectivity index (χ1n) is 8.80. The van der Waals surface area contributed by atoms with Crippen molar-refractivity contribution in [3.05, 3.63) is 34.9 Å². The van der Waals surface area contributed by atoms with Crippen molar-refractivity contribution in [1.82, 2.24) is 9.80 Å². The Morgan fingerprint density at radius 3 is 2.62 bits per heavy atom. The van der Waals surface area contributed by atoms with E-state index >= 15 is 0 Å². The van der Waals surface area contributed by atoms with E-state index < -0.39 is 5.60 Å². The third-order valence-corrected chi connectivity index (χ3v) is 4.94. The summed E-state index contributed by atoms with van der Waals surface area (Å²) in [6, 6.07) is 9.36. The summed E-state index contributed by atoms with van der Waals surface area (Å²) in [5, 5.41) is 0.811. The van der Waals surface area contributed by atoms with E-state index in [-0.39, 0.29) is 6.09 Å². The van der Waals surface area contributed by atoms with Crippen molar-refractivity contribution >= 4 is 17.7 Å². The summed E-state index contributed by atoms with van der Waals surface area (Å²) in [6.07, 6.45) is 2.95. The fourth-order valence-electron chi connectivity index (χ4n) is 3.47. The number of carbonyl (C=O) groups excluding carboxylic acids is 1. The van der Waals surface area contributed by atoms with Crippen LogP contribution in [0.2, 0.25) is 5.02 Å². The fourth-order valence-corrected chi connectivity index (χ4v) is 3.68. The van der Waals surface area contributed by atoms with Crippen LogP contribution in [0, 0.1) is 0 Å². The zero-order valence-corrected chi connectivity index (χ0v) is 15.6. The molecule has 0 spiro atoms. The number of ether oxygens (including phenoxy) is 1. The van der Waals surface area contributed by atoms with Crippen molar-refractivity contribution in [2.75, 3.05) is 19.6 Å². The number of hydrogen-bond acceptors (Lipinski definition) is 3. The van der Waals surface area contributed by atoms with Gasteiger partial charge in [0.05, 0.1) is 0 Å². The average molecular weight is 351 g/mol. The van der Waals surface area contributed by atoms with Crippen LogP contribution in [0.4, 0.5) is 4.79 Å². The van der Waals surface area contributed by atoms with E-state index in [4.69, 9.17) is 16.3 Å². The molecule has 0 bridgehead atoms. The van der Waals surface area contributed by atoms with Gasteiger partial charge in [-0.05, 0) is 57.7 Å². The third-order valence-electron chi connectivity index (χ3n) is 4.70. The largest absolute Gasteiger partial charge is 0.444 e. The highest BCUT2D eigenvalue weighted by atomic mass is 35.5. The Kier molecular flexibility index (Phi) is 5.07. The molecule has 0 saturated carbocycles. The zero-order chi connectivity index (χ0) is 17.3. The second kappa shape index (κ2) is 6.93. The van der Waals surface area contributed by atoms with E-state index in [1.54, 1.807) is 0 Å². The van der Waals surface area contributed by atoms with Crippen LogP contribution in [0.3, 0.4) is 0 Å². The van der Waals surface area contributed by atoms with Crippen molar-refractivity contribution in [2.45, 2.75) is 57.7 Å². The van der Waals surface area contributed by atoms with Crippen molar-refractivity contribution < 1.29 is 9.53 Å². The molecule has 1 aromatic carbocycles. The summed E-state index contributed by atoms with van der Waals surface area (Å²) in [4.78, 5) is 16.5. The molecule has 2 atom stereocenters. The first-order chi connectivity index (χ1) is 11.3. The van der Waals surface area contributed by atoms with Crippen LogP contribution in [-0.4, -0.2) is 53.2 Å². The smallest absolute Gasteiger partial charge is 0.410 e. The van der Waals surface area contributed by atoms with Crippen LogP contribution in [-0.2, 0) is 11.2 Å². The number of rotatable bonds is 3. The van der Waals surface area contributed by atoms with Crippen LogP contribution < -0.4 is 0 Å². The fraction of sp³-hybridized carbons (Fsp3) is 0.632. The minimum absolute atomic E-state index is 0.178. The van der Waals surface area contributed by atoms with Crippen molar-refractivity contribution in [1.29, 1.82) is 0 Å². The highest BCUT2D eigenvalue weighted by Gasteiger charge is 2.41. The highest BCUT2D eigenvalue weighted by Crippen LogP contribution is 2.31. The van der Waals surface area contributed by atoms with Gasteiger partial charge in [0.2, 0.25) is 0 Å². The second-order valence-electron chi connectivity index (χ2n) is 7.88. The van der Waals surface area contributed by atoms with E-state index in [9.17, 15) is 4.79 Å². The Morgan fingerprint density at radius 2 is 2.00 bits per heavy atom. The van der Waals surface area contributed by atoms with Crippen LogP contribution in [0.1, 0.15) is 39.2 Å². The van der Waals surface area contributed by atoms with Gasteiger partial charge in [0.15, 0.2) is 0 Å². The molecule has 2 saturated heterocycles. The summed E-state index contributed by atoms with van der Waals surface area (Å²) in [5.41, 5.74) is 0.886. The maximum Gasteiger partial charge on any atom is 0.410 e. The molecule has 1 unspecified atom stereocenters. The van der Waals surface area contributed by atoms with E-state index in [1.165, 1.54) is 5.56 Å². The SMILES string of the molecule is CC(C)(C)OC(=O)N1CCC(N2C[C@H]2Cc2cccc(Cl)c2)CC1. The van der Waals surface area contributed by atoms with Gasteiger partial charge in [-0.3, -0.25) is 4.90 Å². The van der Waals surface area contributed by atoms with Gasteiger partial charge in [-0.1, -0.05) is 23.7 Å². The summed E-state index contributed by atoms with van der Waals surface area (Å²) >= 11 is 6.06. The lowest BCUT2D eigenvalue weighted by molar-refractivity contribution is 0.0180. The van der Waals surface area contributed by atoms with Gasteiger partial charge < -0.3 is 9.64 Å². The lowest BCUT2D eigenvalue weighted by Gasteiger charge is -2.34. The summed E-state index contributed by atoms with van der Waals surface area (Å²) in [6.45, 7) is 8.47. The Morgan fingerprint density at radius 1 is 1.29 bits per heavy atom. The first kappa shape index (κ1) is 17.6. The number of hydrogen-bond donors (Lipinski definition) is 0. The average Bonchev–Trinajstić information content (AvgIpc) is 3.25. The molecule has 1 amide bonds. The van der Waals surface area contributed by atoms with Gasteiger partial charge >= 0.3 is 6.09 Å². The molecule has 132 valence electrons. The minimum Gasteiger partial charge on any atom is -0.444 e. The van der Waals surface area contributed by atoms with Gasteiger partial charge in [-0.15, -0.1) is 0 Å². The van der Waals surface area contributed by atoms with Crippen molar-refractivity contribution in [3.8, 4) is 0 Å². The molecule has 0 aromatic heterocycles. The molecule has 0 radical (unpaired) electrons. The molecule has 0 aliphatic carbocycles. The van der Waals surface area contributed by atoms with Crippen LogP contribution in [0.25, 0.3) is 0 Å². The maximum absolute atomic E-state index is 12.1. The Hall–Kier alpha value is -1.26. The van der Waals surface area contributed by atoms with Gasteiger partial charge in [-0.2, -0.15) is 0 Å².